The predicted octanol–water partition coefficient (Wildman–Crippen LogP) is 1.81. The molecule has 0 radical (unpaired) electrons. The maximum atomic E-state index is 11.9. The van der Waals surface area contributed by atoms with Gasteiger partial charge in [-0.3, -0.25) is 19.5 Å². The van der Waals surface area contributed by atoms with Crippen LogP contribution < -0.4 is 0 Å². The molecule has 0 unspecified atom stereocenters. The summed E-state index contributed by atoms with van der Waals surface area (Å²) in [5, 5.41) is 0.288. The number of halogens is 1. The average Bonchev–Trinajstić information content (AvgIpc) is 2.24. The standard InChI is InChI=1S/C12H14ClN3O2/c1-12(2)3-10(17)16(11(18)4-12)7-8-5-15-9(13)6-14-8/h5-6H,3-4,7H2,1-2H3. The molecule has 96 valence electrons. The van der Waals surface area contributed by atoms with E-state index in [1.807, 2.05) is 13.8 Å². The Hall–Kier alpha value is -1.49. The first kappa shape index (κ1) is 13.0. The van der Waals surface area contributed by atoms with Crippen LogP contribution in [0.25, 0.3) is 0 Å². The molecule has 1 aliphatic heterocycles. The maximum Gasteiger partial charge on any atom is 0.230 e. The highest BCUT2D eigenvalue weighted by Gasteiger charge is 2.37. The number of likely N-dealkylation sites (tertiary alicyclic amines) is 1. The van der Waals surface area contributed by atoms with Gasteiger partial charge in [-0.2, -0.15) is 0 Å². The third-order valence-electron chi connectivity index (χ3n) is 2.86. The number of rotatable bonds is 2. The van der Waals surface area contributed by atoms with Crippen molar-refractivity contribution in [2.45, 2.75) is 33.2 Å². The van der Waals surface area contributed by atoms with Crippen LogP contribution in [0, 0.1) is 5.41 Å². The van der Waals surface area contributed by atoms with E-state index in [2.05, 4.69) is 9.97 Å². The van der Waals surface area contributed by atoms with Crippen molar-refractivity contribution in [3.8, 4) is 0 Å². The van der Waals surface area contributed by atoms with Crippen molar-refractivity contribution in [3.05, 3.63) is 23.2 Å². The number of imide groups is 1. The van der Waals surface area contributed by atoms with E-state index in [0.717, 1.165) is 0 Å². The first-order valence-corrected chi connectivity index (χ1v) is 6.05. The monoisotopic (exact) mass is 267 g/mol. The molecule has 18 heavy (non-hydrogen) atoms. The van der Waals surface area contributed by atoms with E-state index in [0.29, 0.717) is 18.5 Å². The van der Waals surface area contributed by atoms with Gasteiger partial charge in [-0.1, -0.05) is 25.4 Å². The van der Waals surface area contributed by atoms with Gasteiger partial charge in [-0.15, -0.1) is 0 Å². The maximum absolute atomic E-state index is 11.9. The molecule has 2 heterocycles. The predicted molar refractivity (Wildman–Crippen MR) is 65.6 cm³/mol. The number of carbonyl (C=O) groups excluding carboxylic acids is 2. The Balaban J connectivity index is 2.12. The van der Waals surface area contributed by atoms with Crippen molar-refractivity contribution in [1.82, 2.24) is 14.9 Å². The Morgan fingerprint density at radius 1 is 1.22 bits per heavy atom. The summed E-state index contributed by atoms with van der Waals surface area (Å²) in [6, 6.07) is 0. The number of hydrogen-bond donors (Lipinski definition) is 0. The van der Waals surface area contributed by atoms with E-state index in [-0.39, 0.29) is 28.9 Å². The lowest BCUT2D eigenvalue weighted by atomic mass is 9.82. The Kier molecular flexibility index (Phi) is 3.34. The topological polar surface area (TPSA) is 63.2 Å². The van der Waals surface area contributed by atoms with Crippen LogP contribution in [-0.2, 0) is 16.1 Å². The number of hydrogen-bond acceptors (Lipinski definition) is 4. The van der Waals surface area contributed by atoms with Gasteiger partial charge in [0.15, 0.2) is 0 Å². The van der Waals surface area contributed by atoms with Crippen molar-refractivity contribution >= 4 is 23.4 Å². The Bertz CT molecular complexity index is 465. The summed E-state index contributed by atoms with van der Waals surface area (Å²) < 4.78 is 0. The molecule has 1 saturated heterocycles. The molecule has 0 atom stereocenters. The second-order valence-corrected chi connectivity index (χ2v) is 5.61. The fourth-order valence-electron chi connectivity index (χ4n) is 1.97. The molecule has 1 aromatic heterocycles. The molecule has 0 aromatic carbocycles. The zero-order valence-corrected chi connectivity index (χ0v) is 11.1. The molecule has 0 spiro atoms. The minimum Gasteiger partial charge on any atom is -0.276 e. The van der Waals surface area contributed by atoms with Crippen LogP contribution in [0.2, 0.25) is 5.15 Å². The smallest absolute Gasteiger partial charge is 0.230 e. The fraction of sp³-hybridized carbons (Fsp3) is 0.500. The van der Waals surface area contributed by atoms with Gasteiger partial charge in [0.2, 0.25) is 11.8 Å². The van der Waals surface area contributed by atoms with E-state index in [1.54, 1.807) is 0 Å². The van der Waals surface area contributed by atoms with Crippen molar-refractivity contribution in [2.75, 3.05) is 0 Å². The van der Waals surface area contributed by atoms with Crippen LogP contribution in [0.1, 0.15) is 32.4 Å². The summed E-state index contributed by atoms with van der Waals surface area (Å²) in [6.45, 7) is 4.00. The Labute approximate surface area is 110 Å². The largest absolute Gasteiger partial charge is 0.276 e. The van der Waals surface area contributed by atoms with Crippen LogP contribution >= 0.6 is 11.6 Å². The summed E-state index contributed by atoms with van der Waals surface area (Å²) in [5.74, 6) is -0.319. The molecule has 0 bridgehead atoms. The highest BCUT2D eigenvalue weighted by Crippen LogP contribution is 2.31. The van der Waals surface area contributed by atoms with Gasteiger partial charge in [-0.25, -0.2) is 4.98 Å². The molecule has 5 nitrogen and oxygen atoms in total. The zero-order chi connectivity index (χ0) is 13.3. The highest BCUT2D eigenvalue weighted by atomic mass is 35.5. The van der Waals surface area contributed by atoms with Crippen LogP contribution in [0.5, 0.6) is 0 Å². The highest BCUT2D eigenvalue weighted by molar-refractivity contribution is 6.29. The van der Waals surface area contributed by atoms with E-state index in [4.69, 9.17) is 11.6 Å². The van der Waals surface area contributed by atoms with E-state index in [9.17, 15) is 9.59 Å². The van der Waals surface area contributed by atoms with Gasteiger partial charge in [0.25, 0.3) is 0 Å². The number of carbonyl (C=O) groups is 2. The van der Waals surface area contributed by atoms with E-state index in [1.165, 1.54) is 17.3 Å². The molecule has 6 heteroatoms. The number of piperidine rings is 1. The Morgan fingerprint density at radius 3 is 2.33 bits per heavy atom. The van der Waals surface area contributed by atoms with E-state index < -0.39 is 0 Å². The average molecular weight is 268 g/mol. The molecule has 0 saturated carbocycles. The lowest BCUT2D eigenvalue weighted by molar-refractivity contribution is -0.153. The number of nitrogens with zero attached hydrogens (tertiary/aromatic N) is 3. The molecule has 0 aliphatic carbocycles. The van der Waals surface area contributed by atoms with Crippen molar-refractivity contribution < 1.29 is 9.59 Å². The molecule has 2 amide bonds. The van der Waals surface area contributed by atoms with Crippen molar-refractivity contribution in [1.29, 1.82) is 0 Å². The van der Waals surface area contributed by atoms with Crippen LogP contribution in [-0.4, -0.2) is 26.7 Å². The summed E-state index contributed by atoms with van der Waals surface area (Å²) in [6.07, 6.45) is 3.63. The lowest BCUT2D eigenvalue weighted by Crippen LogP contribution is -2.45. The zero-order valence-electron chi connectivity index (χ0n) is 10.3. The SMILES string of the molecule is CC1(C)CC(=O)N(Cc2cnc(Cl)cn2)C(=O)C1. The summed E-state index contributed by atoms with van der Waals surface area (Å²) in [4.78, 5) is 33.0. The van der Waals surface area contributed by atoms with Crippen LogP contribution in [0.3, 0.4) is 0 Å². The Morgan fingerprint density at radius 2 is 1.83 bits per heavy atom. The minimum atomic E-state index is -0.254. The first-order chi connectivity index (χ1) is 8.37. The van der Waals surface area contributed by atoms with Gasteiger partial charge in [-0.05, 0) is 5.41 Å². The van der Waals surface area contributed by atoms with Crippen LogP contribution in [0.15, 0.2) is 12.4 Å². The lowest BCUT2D eigenvalue weighted by Gasteiger charge is -2.34. The third-order valence-corrected chi connectivity index (χ3v) is 3.05. The molecule has 1 aromatic rings. The quantitative estimate of drug-likeness (QED) is 0.767. The van der Waals surface area contributed by atoms with Gasteiger partial charge in [0, 0.05) is 12.8 Å². The second-order valence-electron chi connectivity index (χ2n) is 5.22. The van der Waals surface area contributed by atoms with Crippen LogP contribution in [0.4, 0.5) is 0 Å². The fourth-order valence-corrected chi connectivity index (χ4v) is 2.07. The van der Waals surface area contributed by atoms with Gasteiger partial charge in [0.1, 0.15) is 5.15 Å². The van der Waals surface area contributed by atoms with Crippen molar-refractivity contribution in [3.63, 3.8) is 0 Å². The molecule has 1 fully saturated rings. The molecular weight excluding hydrogens is 254 g/mol. The first-order valence-electron chi connectivity index (χ1n) is 5.67. The van der Waals surface area contributed by atoms with Crippen molar-refractivity contribution in [2.24, 2.45) is 5.41 Å². The molecule has 0 N–H and O–H groups in total. The molecular formula is C12H14ClN3O2. The molecule has 1 aliphatic rings. The number of amides is 2. The second kappa shape index (κ2) is 4.65. The summed E-state index contributed by atoms with van der Waals surface area (Å²) >= 11 is 5.63. The minimum absolute atomic E-state index is 0.159. The van der Waals surface area contributed by atoms with Gasteiger partial charge in [0.05, 0.1) is 24.6 Å². The normalized spacial score (nSPS) is 19.2. The number of aromatic nitrogens is 2. The third kappa shape index (κ3) is 2.85. The molecule has 2 rings (SSSR count). The summed E-state index contributed by atoms with van der Waals surface area (Å²) in [7, 11) is 0. The van der Waals surface area contributed by atoms with Gasteiger partial charge < -0.3 is 0 Å². The van der Waals surface area contributed by atoms with E-state index >= 15 is 0 Å². The summed E-state index contributed by atoms with van der Waals surface area (Å²) in [5.41, 5.74) is 0.303. The van der Waals surface area contributed by atoms with Gasteiger partial charge >= 0.3 is 0 Å².